The maximum atomic E-state index is 13.4. The molecule has 3 atom stereocenters. The number of hydrogen-bond acceptors (Lipinski definition) is 6. The molecule has 1 saturated carbocycles. The molecule has 33 heavy (non-hydrogen) atoms. The predicted molar refractivity (Wildman–Crippen MR) is 116 cm³/mol. The smallest absolute Gasteiger partial charge is 0.253 e. The van der Waals surface area contributed by atoms with E-state index in [9.17, 15) is 22.0 Å². The van der Waals surface area contributed by atoms with Crippen LogP contribution < -0.4 is 9.62 Å². The summed E-state index contributed by atoms with van der Waals surface area (Å²) in [5.74, 6) is -3.87. The molecule has 1 N–H and O–H groups in total. The molecule has 5 rings (SSSR count). The third kappa shape index (κ3) is 4.11. The first-order valence-electron chi connectivity index (χ1n) is 10.9. The van der Waals surface area contributed by atoms with Gasteiger partial charge in [0, 0.05) is 24.9 Å². The van der Waals surface area contributed by atoms with Gasteiger partial charge >= 0.3 is 0 Å². The van der Waals surface area contributed by atoms with Gasteiger partial charge in [0.15, 0.2) is 0 Å². The van der Waals surface area contributed by atoms with Crippen LogP contribution in [0.2, 0.25) is 0 Å². The van der Waals surface area contributed by atoms with Gasteiger partial charge in [-0.3, -0.25) is 9.10 Å². The van der Waals surface area contributed by atoms with E-state index in [0.717, 1.165) is 16.3 Å². The standard InChI is InChI=1S/C21H24F2N6O3S/c1-13-20-18(29(33(13,31)32)9-15-8-21(15,22)23)7-6-17(27-20)14-2-4-16(5-3-14)26-19(30)10-28-12-24-11-25-28/h2,6-7,11-13,15-16H,3-5,8-10H2,1H3,(H,26,30). The number of rotatable bonds is 6. The molecule has 2 aromatic heterocycles. The molecule has 0 spiro atoms. The molecule has 0 radical (unpaired) electrons. The fraction of sp³-hybridized carbons (Fsp3) is 0.524. The van der Waals surface area contributed by atoms with E-state index < -0.39 is 27.1 Å². The third-order valence-corrected chi connectivity index (χ3v) is 8.61. The lowest BCUT2D eigenvalue weighted by atomic mass is 9.92. The number of carbonyl (C=O) groups excluding carboxylic acids is 1. The molecule has 0 saturated heterocycles. The number of halogens is 2. The molecule has 0 bridgehead atoms. The van der Waals surface area contributed by atoms with Gasteiger partial charge in [-0.25, -0.2) is 31.8 Å². The van der Waals surface area contributed by atoms with Crippen LogP contribution in [-0.4, -0.2) is 52.6 Å². The highest BCUT2D eigenvalue weighted by molar-refractivity contribution is 7.93. The molecule has 12 heteroatoms. The van der Waals surface area contributed by atoms with Gasteiger partial charge in [-0.1, -0.05) is 6.08 Å². The summed E-state index contributed by atoms with van der Waals surface area (Å²) in [4.78, 5) is 20.6. The highest BCUT2D eigenvalue weighted by Crippen LogP contribution is 2.52. The molecule has 176 valence electrons. The first kappa shape index (κ1) is 21.9. The van der Waals surface area contributed by atoms with Crippen molar-refractivity contribution in [2.45, 2.75) is 56.4 Å². The number of pyridine rings is 1. The van der Waals surface area contributed by atoms with Crippen molar-refractivity contribution in [1.82, 2.24) is 25.1 Å². The fourth-order valence-corrected chi connectivity index (χ4v) is 6.08. The molecule has 3 heterocycles. The zero-order valence-electron chi connectivity index (χ0n) is 18.0. The maximum absolute atomic E-state index is 13.4. The van der Waals surface area contributed by atoms with Gasteiger partial charge in [0.05, 0.1) is 17.1 Å². The Hall–Kier alpha value is -2.89. The van der Waals surface area contributed by atoms with Crippen LogP contribution in [0.5, 0.6) is 0 Å². The average Bonchev–Trinajstić information content (AvgIpc) is 3.08. The van der Waals surface area contributed by atoms with Crippen molar-refractivity contribution in [3.8, 4) is 0 Å². The van der Waals surface area contributed by atoms with E-state index in [2.05, 4.69) is 20.4 Å². The van der Waals surface area contributed by atoms with Gasteiger partial charge < -0.3 is 5.32 Å². The second-order valence-corrected chi connectivity index (χ2v) is 11.0. The highest BCUT2D eigenvalue weighted by Gasteiger charge is 2.59. The van der Waals surface area contributed by atoms with Crippen molar-refractivity contribution < 1.29 is 22.0 Å². The number of nitrogens with one attached hydrogen (secondary N) is 1. The second kappa shape index (κ2) is 7.86. The average molecular weight is 479 g/mol. The van der Waals surface area contributed by atoms with E-state index >= 15 is 0 Å². The van der Waals surface area contributed by atoms with Gasteiger partial charge in [0.2, 0.25) is 15.9 Å². The largest absolute Gasteiger partial charge is 0.351 e. The van der Waals surface area contributed by atoms with Crippen LogP contribution in [0.4, 0.5) is 14.5 Å². The Labute approximate surface area is 190 Å². The lowest BCUT2D eigenvalue weighted by Crippen LogP contribution is -2.37. The lowest BCUT2D eigenvalue weighted by molar-refractivity contribution is -0.122. The topological polar surface area (TPSA) is 110 Å². The molecule has 0 aromatic carbocycles. The summed E-state index contributed by atoms with van der Waals surface area (Å²) in [6, 6.07) is 3.42. The highest BCUT2D eigenvalue weighted by atomic mass is 32.2. The maximum Gasteiger partial charge on any atom is 0.253 e. The number of anilines is 1. The molecule has 3 aliphatic rings. The van der Waals surface area contributed by atoms with Crippen LogP contribution in [0.15, 0.2) is 30.9 Å². The van der Waals surface area contributed by atoms with Crippen molar-refractivity contribution in [3.05, 3.63) is 42.3 Å². The SMILES string of the molecule is CC1c2nc(C3=CCC(NC(=O)Cn4cncn4)CC3)ccc2N(CC2CC2(F)F)S1(=O)=O. The zero-order chi connectivity index (χ0) is 23.4. The quantitative estimate of drug-likeness (QED) is 0.682. The van der Waals surface area contributed by atoms with Crippen molar-refractivity contribution in [1.29, 1.82) is 0 Å². The van der Waals surface area contributed by atoms with Gasteiger partial charge in [-0.2, -0.15) is 5.10 Å². The van der Waals surface area contributed by atoms with Crippen LogP contribution in [0, 0.1) is 5.92 Å². The first-order chi connectivity index (χ1) is 15.6. The van der Waals surface area contributed by atoms with E-state index in [1.807, 2.05) is 6.08 Å². The monoisotopic (exact) mass is 478 g/mol. The van der Waals surface area contributed by atoms with Crippen molar-refractivity contribution in [2.75, 3.05) is 10.8 Å². The number of alkyl halides is 2. The number of sulfonamides is 1. The van der Waals surface area contributed by atoms with Crippen molar-refractivity contribution >= 4 is 27.2 Å². The molecule has 9 nitrogen and oxygen atoms in total. The fourth-order valence-electron chi connectivity index (χ4n) is 4.43. The number of carbonyl (C=O) groups is 1. The molecular formula is C21H24F2N6O3S. The summed E-state index contributed by atoms with van der Waals surface area (Å²) in [5.41, 5.74) is 2.46. The number of allylic oxidation sites excluding steroid dienone is 1. The summed E-state index contributed by atoms with van der Waals surface area (Å²) < 4.78 is 55.1. The minimum absolute atomic E-state index is 0.00537. The van der Waals surface area contributed by atoms with Crippen LogP contribution in [0.3, 0.4) is 0 Å². The van der Waals surface area contributed by atoms with Gasteiger partial charge in [0.1, 0.15) is 24.4 Å². The Kier molecular flexibility index (Phi) is 5.22. The zero-order valence-corrected chi connectivity index (χ0v) is 18.8. The van der Waals surface area contributed by atoms with Crippen LogP contribution in [0.25, 0.3) is 5.57 Å². The van der Waals surface area contributed by atoms with E-state index in [-0.39, 0.29) is 31.5 Å². The van der Waals surface area contributed by atoms with Crippen molar-refractivity contribution in [3.63, 3.8) is 0 Å². The minimum atomic E-state index is -3.76. The number of fused-ring (bicyclic) bond motifs is 1. The lowest BCUT2D eigenvalue weighted by Gasteiger charge is -2.23. The summed E-state index contributed by atoms with van der Waals surface area (Å²) in [6.45, 7) is 1.44. The minimum Gasteiger partial charge on any atom is -0.351 e. The van der Waals surface area contributed by atoms with Crippen molar-refractivity contribution in [2.24, 2.45) is 5.92 Å². The molecule has 2 aliphatic carbocycles. The first-order valence-corrected chi connectivity index (χ1v) is 12.4. The predicted octanol–water partition coefficient (Wildman–Crippen LogP) is 2.29. The molecule has 3 unspecified atom stereocenters. The number of hydrogen-bond donors (Lipinski definition) is 1. The Morgan fingerprint density at radius 2 is 2.12 bits per heavy atom. The van der Waals surface area contributed by atoms with E-state index in [1.165, 1.54) is 17.3 Å². The Morgan fingerprint density at radius 3 is 2.76 bits per heavy atom. The molecular weight excluding hydrogens is 454 g/mol. The van der Waals surface area contributed by atoms with E-state index in [0.29, 0.717) is 29.9 Å². The summed E-state index contributed by atoms with van der Waals surface area (Å²) in [6.07, 6.45) is 6.63. The van der Waals surface area contributed by atoms with Crippen LogP contribution in [-0.2, 0) is 21.4 Å². The van der Waals surface area contributed by atoms with Crippen LogP contribution >= 0.6 is 0 Å². The molecule has 2 aromatic rings. The Balaban J connectivity index is 1.28. The van der Waals surface area contributed by atoms with E-state index in [4.69, 9.17) is 0 Å². The normalized spacial score (nSPS) is 27.1. The molecule has 1 aliphatic heterocycles. The molecule has 1 amide bonds. The Morgan fingerprint density at radius 1 is 1.33 bits per heavy atom. The summed E-state index contributed by atoms with van der Waals surface area (Å²) in [7, 11) is -3.76. The van der Waals surface area contributed by atoms with Crippen LogP contribution in [0.1, 0.15) is 49.2 Å². The summed E-state index contributed by atoms with van der Waals surface area (Å²) in [5, 5.41) is 6.02. The van der Waals surface area contributed by atoms with Gasteiger partial charge in [0.25, 0.3) is 5.92 Å². The van der Waals surface area contributed by atoms with Gasteiger partial charge in [-0.15, -0.1) is 0 Å². The number of amides is 1. The molecule has 1 fully saturated rings. The summed E-state index contributed by atoms with van der Waals surface area (Å²) >= 11 is 0. The Bertz CT molecular complexity index is 1210. The number of nitrogens with zero attached hydrogens (tertiary/aromatic N) is 5. The van der Waals surface area contributed by atoms with E-state index in [1.54, 1.807) is 19.1 Å². The van der Waals surface area contributed by atoms with Gasteiger partial charge in [-0.05, 0) is 43.9 Å². The third-order valence-electron chi connectivity index (χ3n) is 6.53. The number of aromatic nitrogens is 4. The second-order valence-electron chi connectivity index (χ2n) is 8.84.